The molecule has 1 aliphatic rings. The Hall–Kier alpha value is -4.07. The predicted octanol–water partition coefficient (Wildman–Crippen LogP) is 6.54. The number of urea groups is 1. The van der Waals surface area contributed by atoms with E-state index in [0.717, 1.165) is 23.3 Å². The van der Waals surface area contributed by atoms with Crippen LogP contribution in [0.3, 0.4) is 0 Å². The minimum Gasteiger partial charge on any atom is -0.382 e. The third kappa shape index (κ3) is 5.59. The number of nitrogens with one attached hydrogen (secondary N) is 3. The van der Waals surface area contributed by atoms with Gasteiger partial charge in [0, 0.05) is 24.4 Å². The maximum Gasteiger partial charge on any atom is 0.416 e. The minimum absolute atomic E-state index is 0.180. The highest BCUT2D eigenvalue weighted by Gasteiger charge is 2.41. The summed E-state index contributed by atoms with van der Waals surface area (Å²) in [4.78, 5) is 13.3. The van der Waals surface area contributed by atoms with Crippen molar-refractivity contribution < 1.29 is 22.4 Å². The van der Waals surface area contributed by atoms with Crippen LogP contribution < -0.4 is 16.0 Å². The van der Waals surface area contributed by atoms with Gasteiger partial charge < -0.3 is 16.0 Å². The van der Waals surface area contributed by atoms with Gasteiger partial charge in [-0.25, -0.2) is 9.18 Å². The molecule has 3 aromatic rings. The number of dihydropyridines is 1. The first-order valence-corrected chi connectivity index (χ1v) is 11.4. The molecule has 4 rings (SSSR count). The number of rotatable bonds is 6. The fraction of sp³-hybridized carbons (Fsp3) is 0.179. The van der Waals surface area contributed by atoms with Gasteiger partial charge in [0.2, 0.25) is 0 Å². The number of allylic oxidation sites excluding steroid dienone is 2. The fourth-order valence-electron chi connectivity index (χ4n) is 4.37. The maximum absolute atomic E-state index is 13.7. The summed E-state index contributed by atoms with van der Waals surface area (Å²) in [6.07, 6.45) is -0.608. The second-order valence-electron chi connectivity index (χ2n) is 8.57. The Morgan fingerprint density at radius 1 is 0.944 bits per heavy atom. The second kappa shape index (κ2) is 10.3. The van der Waals surface area contributed by atoms with Crippen LogP contribution in [-0.4, -0.2) is 12.6 Å². The van der Waals surface area contributed by atoms with Crippen molar-refractivity contribution in [2.75, 3.05) is 11.9 Å². The zero-order valence-corrected chi connectivity index (χ0v) is 19.5. The Bertz CT molecular complexity index is 1280. The van der Waals surface area contributed by atoms with E-state index in [1.165, 1.54) is 30.3 Å². The standard InChI is InChI=1S/C28H25F4N3O/c1-19-7-6-16-33-25(19)27(18-20-8-3-2-4-9-20,21-10-5-11-22(17-21)28(30,31)32)35-26(36)34-24-14-12-23(29)13-15-24/h2-15,17,33H,16,18H2,1H3,(H2,34,35,36). The van der Waals surface area contributed by atoms with Crippen molar-refractivity contribution in [1.82, 2.24) is 10.6 Å². The van der Waals surface area contributed by atoms with Gasteiger partial charge in [-0.15, -0.1) is 0 Å². The van der Waals surface area contributed by atoms with E-state index in [2.05, 4.69) is 16.0 Å². The summed E-state index contributed by atoms with van der Waals surface area (Å²) < 4.78 is 54.5. The van der Waals surface area contributed by atoms with Crippen molar-refractivity contribution in [3.05, 3.63) is 125 Å². The van der Waals surface area contributed by atoms with Crippen LogP contribution in [0, 0.1) is 5.82 Å². The summed E-state index contributed by atoms with van der Waals surface area (Å²) in [5.74, 6) is -0.456. The summed E-state index contributed by atoms with van der Waals surface area (Å²) in [5.41, 5.74) is 0.596. The highest BCUT2D eigenvalue weighted by molar-refractivity contribution is 5.90. The number of hydrogen-bond donors (Lipinski definition) is 3. The van der Waals surface area contributed by atoms with Crippen LogP contribution in [0.25, 0.3) is 0 Å². The van der Waals surface area contributed by atoms with Crippen molar-refractivity contribution in [3.63, 3.8) is 0 Å². The van der Waals surface area contributed by atoms with Crippen molar-refractivity contribution >= 4 is 11.7 Å². The highest BCUT2D eigenvalue weighted by Crippen LogP contribution is 2.38. The van der Waals surface area contributed by atoms with Gasteiger partial charge >= 0.3 is 12.2 Å². The number of halogens is 4. The van der Waals surface area contributed by atoms with E-state index in [1.807, 2.05) is 49.4 Å². The lowest BCUT2D eigenvalue weighted by atomic mass is 9.78. The Balaban J connectivity index is 1.87. The van der Waals surface area contributed by atoms with Gasteiger partial charge in [0.15, 0.2) is 0 Å². The molecule has 0 saturated carbocycles. The molecule has 0 spiro atoms. The molecule has 8 heteroatoms. The number of benzene rings is 3. The Morgan fingerprint density at radius 2 is 1.64 bits per heavy atom. The first-order chi connectivity index (χ1) is 17.2. The van der Waals surface area contributed by atoms with Crippen LogP contribution >= 0.6 is 0 Å². The number of carbonyl (C=O) groups is 1. The van der Waals surface area contributed by atoms with Gasteiger partial charge in [-0.05, 0) is 60.0 Å². The van der Waals surface area contributed by atoms with Crippen LogP contribution in [0.15, 0.2) is 102 Å². The molecule has 3 N–H and O–H groups in total. The number of hydrogen-bond acceptors (Lipinski definition) is 2. The molecule has 186 valence electrons. The lowest BCUT2D eigenvalue weighted by Gasteiger charge is -2.40. The molecule has 1 unspecified atom stereocenters. The molecule has 2 amide bonds. The zero-order valence-electron chi connectivity index (χ0n) is 19.5. The van der Waals surface area contributed by atoms with E-state index >= 15 is 0 Å². The van der Waals surface area contributed by atoms with E-state index in [-0.39, 0.29) is 12.0 Å². The van der Waals surface area contributed by atoms with Crippen LogP contribution in [0.1, 0.15) is 23.6 Å². The third-order valence-electron chi connectivity index (χ3n) is 6.01. The van der Waals surface area contributed by atoms with Gasteiger partial charge in [0.1, 0.15) is 11.4 Å². The van der Waals surface area contributed by atoms with Crippen molar-refractivity contribution in [2.45, 2.75) is 25.1 Å². The number of amides is 2. The van der Waals surface area contributed by atoms with E-state index in [1.54, 1.807) is 6.07 Å². The summed E-state index contributed by atoms with van der Waals surface area (Å²) >= 11 is 0. The molecule has 36 heavy (non-hydrogen) atoms. The maximum atomic E-state index is 13.7. The first kappa shape index (κ1) is 25.0. The Kier molecular flexibility index (Phi) is 7.15. The normalized spacial score (nSPS) is 15.1. The average molecular weight is 496 g/mol. The summed E-state index contributed by atoms with van der Waals surface area (Å²) in [7, 11) is 0. The van der Waals surface area contributed by atoms with Crippen molar-refractivity contribution in [1.29, 1.82) is 0 Å². The molecule has 0 bridgehead atoms. The molecule has 0 radical (unpaired) electrons. The van der Waals surface area contributed by atoms with Gasteiger partial charge in [0.25, 0.3) is 0 Å². The largest absolute Gasteiger partial charge is 0.416 e. The summed E-state index contributed by atoms with van der Waals surface area (Å²) in [6, 6.07) is 18.8. The van der Waals surface area contributed by atoms with Crippen LogP contribution in [0.5, 0.6) is 0 Å². The molecular weight excluding hydrogens is 470 g/mol. The molecule has 0 aliphatic carbocycles. The average Bonchev–Trinajstić information content (AvgIpc) is 2.85. The van der Waals surface area contributed by atoms with Gasteiger partial charge in [0.05, 0.1) is 5.56 Å². The third-order valence-corrected chi connectivity index (χ3v) is 6.01. The summed E-state index contributed by atoms with van der Waals surface area (Å²) in [5, 5.41) is 8.93. The lowest BCUT2D eigenvalue weighted by molar-refractivity contribution is -0.137. The molecule has 1 aliphatic heterocycles. The molecule has 3 aromatic carbocycles. The number of anilines is 1. The lowest BCUT2D eigenvalue weighted by Crippen LogP contribution is -2.54. The Labute approximate surface area is 206 Å². The quantitative estimate of drug-likeness (QED) is 0.340. The van der Waals surface area contributed by atoms with Gasteiger partial charge in [-0.3, -0.25) is 0 Å². The molecule has 0 aromatic heterocycles. The van der Waals surface area contributed by atoms with Gasteiger partial charge in [-0.2, -0.15) is 13.2 Å². The van der Waals surface area contributed by atoms with E-state index in [4.69, 9.17) is 0 Å². The second-order valence-corrected chi connectivity index (χ2v) is 8.57. The molecule has 0 fully saturated rings. The predicted molar refractivity (Wildman–Crippen MR) is 132 cm³/mol. The summed E-state index contributed by atoms with van der Waals surface area (Å²) in [6.45, 7) is 2.29. The SMILES string of the molecule is CC1=C(C(Cc2ccccc2)(NC(=O)Nc2ccc(F)cc2)c2cccc(C(F)(F)F)c2)NCC=C1. The Morgan fingerprint density at radius 3 is 2.31 bits per heavy atom. The number of carbonyl (C=O) groups excluding carboxylic acids is 1. The molecule has 0 saturated heterocycles. The van der Waals surface area contributed by atoms with Crippen LogP contribution in [0.2, 0.25) is 0 Å². The van der Waals surface area contributed by atoms with Gasteiger partial charge in [-0.1, -0.05) is 54.6 Å². The van der Waals surface area contributed by atoms with Crippen LogP contribution in [0.4, 0.5) is 28.0 Å². The van der Waals surface area contributed by atoms with Crippen molar-refractivity contribution in [2.24, 2.45) is 0 Å². The van der Waals surface area contributed by atoms with E-state index in [9.17, 15) is 22.4 Å². The highest BCUT2D eigenvalue weighted by atomic mass is 19.4. The van der Waals surface area contributed by atoms with Crippen LogP contribution in [-0.2, 0) is 18.1 Å². The van der Waals surface area contributed by atoms with E-state index in [0.29, 0.717) is 17.9 Å². The topological polar surface area (TPSA) is 53.2 Å². The minimum atomic E-state index is -4.56. The molecular formula is C28H25F4N3O. The van der Waals surface area contributed by atoms with E-state index < -0.39 is 29.1 Å². The molecule has 1 atom stereocenters. The fourth-order valence-corrected chi connectivity index (χ4v) is 4.37. The number of alkyl halides is 3. The first-order valence-electron chi connectivity index (χ1n) is 11.4. The monoisotopic (exact) mass is 495 g/mol. The van der Waals surface area contributed by atoms with Crippen molar-refractivity contribution in [3.8, 4) is 0 Å². The zero-order chi connectivity index (χ0) is 25.8. The molecule has 4 nitrogen and oxygen atoms in total. The molecule has 1 heterocycles. The smallest absolute Gasteiger partial charge is 0.382 e.